The van der Waals surface area contributed by atoms with Gasteiger partial charge in [0, 0.05) is 24.6 Å². The molecule has 172 valence electrons. The molecule has 1 N–H and O–H groups in total. The van der Waals surface area contributed by atoms with Crippen molar-refractivity contribution in [3.05, 3.63) is 0 Å². The molecule has 1 aliphatic rings. The zero-order valence-electron chi connectivity index (χ0n) is 19.3. The van der Waals surface area contributed by atoms with Crippen molar-refractivity contribution in [3.63, 3.8) is 0 Å². The lowest BCUT2D eigenvalue weighted by Gasteiger charge is -2.24. The third kappa shape index (κ3) is 11.9. The molecule has 5 heteroatoms. The van der Waals surface area contributed by atoms with E-state index < -0.39 is 12.0 Å². The highest BCUT2D eigenvalue weighted by atomic mass is 32.2. The molecule has 0 unspecified atom stereocenters. The van der Waals surface area contributed by atoms with Crippen molar-refractivity contribution in [3.8, 4) is 11.2 Å². The number of amides is 1. The third-order valence-corrected chi connectivity index (χ3v) is 6.83. The van der Waals surface area contributed by atoms with Crippen LogP contribution in [0.4, 0.5) is 0 Å². The summed E-state index contributed by atoms with van der Waals surface area (Å²) in [6.07, 6.45) is 18.5. The molecule has 1 fully saturated rings. The number of carboxylic acids is 1. The van der Waals surface area contributed by atoms with Gasteiger partial charge in [0.15, 0.2) is 0 Å². The number of hydrogen-bond donors (Lipinski definition) is 1. The summed E-state index contributed by atoms with van der Waals surface area (Å²) in [7, 11) is 0. The third-order valence-electron chi connectivity index (χ3n) is 5.88. The quantitative estimate of drug-likeness (QED) is 0.222. The number of aliphatic carboxylic acids is 1. The van der Waals surface area contributed by atoms with Gasteiger partial charge in [0.25, 0.3) is 0 Å². The zero-order chi connectivity index (χ0) is 22.0. The first-order valence-electron chi connectivity index (χ1n) is 12.2. The Morgan fingerprint density at radius 2 is 1.57 bits per heavy atom. The van der Waals surface area contributed by atoms with Crippen LogP contribution in [-0.2, 0) is 9.59 Å². The fourth-order valence-electron chi connectivity index (χ4n) is 3.96. The molecule has 2 atom stereocenters. The topological polar surface area (TPSA) is 57.6 Å². The fraction of sp³-hybridized carbons (Fsp3) is 0.840. The standard InChI is InChI=1S/C25H43NO3S/c1-3-4-5-6-7-8-9-10-11-12-13-14-15-16-20-30-21-22(2)24(27)26-19-17-18-23(26)25(28)29/h22-23H,3-15,17-19,21H2,1-2H3,(H,28,29)/t22-,23+/m1/s1. The van der Waals surface area contributed by atoms with Crippen LogP contribution in [0.25, 0.3) is 0 Å². The smallest absolute Gasteiger partial charge is 0.326 e. The molecule has 1 saturated heterocycles. The number of nitrogens with zero attached hydrogens (tertiary/aromatic N) is 1. The van der Waals surface area contributed by atoms with Crippen LogP contribution < -0.4 is 0 Å². The number of carbonyl (C=O) groups excluding carboxylic acids is 1. The number of carbonyl (C=O) groups is 2. The normalized spacial score (nSPS) is 16.9. The Hall–Kier alpha value is -1.15. The maximum Gasteiger partial charge on any atom is 0.326 e. The Balaban J connectivity index is 1.96. The van der Waals surface area contributed by atoms with Gasteiger partial charge in [-0.1, -0.05) is 102 Å². The van der Waals surface area contributed by atoms with Gasteiger partial charge >= 0.3 is 5.97 Å². The minimum Gasteiger partial charge on any atom is -0.480 e. The zero-order valence-corrected chi connectivity index (χ0v) is 20.1. The predicted octanol–water partition coefficient (Wildman–Crippen LogP) is 6.48. The van der Waals surface area contributed by atoms with Crippen molar-refractivity contribution in [2.24, 2.45) is 5.92 Å². The first-order chi connectivity index (χ1) is 14.6. The molecule has 0 saturated carbocycles. The van der Waals surface area contributed by atoms with Gasteiger partial charge in [-0.2, -0.15) is 0 Å². The molecule has 0 aliphatic carbocycles. The van der Waals surface area contributed by atoms with E-state index in [1.165, 1.54) is 87.3 Å². The number of hydrogen-bond acceptors (Lipinski definition) is 3. The molecule has 1 aliphatic heterocycles. The van der Waals surface area contributed by atoms with Crippen LogP contribution in [0.3, 0.4) is 0 Å². The lowest BCUT2D eigenvalue weighted by molar-refractivity contribution is -0.149. The molecule has 0 radical (unpaired) electrons. The van der Waals surface area contributed by atoms with Crippen LogP contribution in [0.1, 0.15) is 110 Å². The van der Waals surface area contributed by atoms with E-state index in [1.54, 1.807) is 0 Å². The van der Waals surface area contributed by atoms with Crippen molar-refractivity contribution in [2.45, 2.75) is 116 Å². The van der Waals surface area contributed by atoms with E-state index in [-0.39, 0.29) is 11.8 Å². The summed E-state index contributed by atoms with van der Waals surface area (Å²) in [6, 6.07) is -0.637. The van der Waals surface area contributed by atoms with Crippen LogP contribution >= 0.6 is 11.8 Å². The van der Waals surface area contributed by atoms with E-state index >= 15 is 0 Å². The number of carboxylic acid groups (broad SMARTS) is 1. The highest BCUT2D eigenvalue weighted by Gasteiger charge is 2.35. The van der Waals surface area contributed by atoms with Gasteiger partial charge in [0.2, 0.25) is 5.91 Å². The molecule has 4 nitrogen and oxygen atoms in total. The maximum atomic E-state index is 12.5. The van der Waals surface area contributed by atoms with E-state index in [1.807, 2.05) is 6.92 Å². The predicted molar refractivity (Wildman–Crippen MR) is 127 cm³/mol. The van der Waals surface area contributed by atoms with Crippen LogP contribution in [0.15, 0.2) is 0 Å². The summed E-state index contributed by atoms with van der Waals surface area (Å²) < 4.78 is 0. The number of unbranched alkanes of at least 4 members (excludes halogenated alkanes) is 12. The lowest BCUT2D eigenvalue weighted by atomic mass is 10.0. The van der Waals surface area contributed by atoms with Gasteiger partial charge in [-0.3, -0.25) is 4.79 Å². The van der Waals surface area contributed by atoms with Gasteiger partial charge < -0.3 is 10.0 Å². The molecule has 30 heavy (non-hydrogen) atoms. The van der Waals surface area contributed by atoms with Crippen molar-refractivity contribution in [1.82, 2.24) is 4.90 Å². The van der Waals surface area contributed by atoms with Crippen molar-refractivity contribution in [2.75, 3.05) is 12.3 Å². The van der Waals surface area contributed by atoms with Crippen molar-refractivity contribution >= 4 is 23.6 Å². The van der Waals surface area contributed by atoms with E-state index in [0.717, 1.165) is 19.3 Å². The molecule has 0 spiro atoms. The van der Waals surface area contributed by atoms with Crippen LogP contribution in [-0.4, -0.2) is 40.2 Å². The number of likely N-dealkylation sites (tertiary alicyclic amines) is 1. The Kier molecular flexibility index (Phi) is 15.7. The van der Waals surface area contributed by atoms with Gasteiger partial charge in [-0.05, 0) is 24.5 Å². The molecule has 1 amide bonds. The van der Waals surface area contributed by atoms with E-state index in [0.29, 0.717) is 18.7 Å². The highest BCUT2D eigenvalue weighted by Crippen LogP contribution is 2.21. The molecule has 0 aromatic rings. The first kappa shape index (κ1) is 26.9. The Morgan fingerprint density at radius 1 is 1.00 bits per heavy atom. The molecule has 0 bridgehead atoms. The minimum atomic E-state index is -0.886. The van der Waals surface area contributed by atoms with E-state index in [4.69, 9.17) is 0 Å². The average Bonchev–Trinajstić information content (AvgIpc) is 3.23. The summed E-state index contributed by atoms with van der Waals surface area (Å²) in [5.41, 5.74) is 0. The van der Waals surface area contributed by atoms with Gasteiger partial charge in [0.05, 0.1) is 0 Å². The van der Waals surface area contributed by atoms with Crippen molar-refractivity contribution in [1.29, 1.82) is 0 Å². The van der Waals surface area contributed by atoms with Crippen molar-refractivity contribution < 1.29 is 14.7 Å². The average molecular weight is 438 g/mol. The summed E-state index contributed by atoms with van der Waals surface area (Å²) in [6.45, 7) is 4.71. The lowest BCUT2D eigenvalue weighted by Crippen LogP contribution is -2.43. The second-order valence-electron chi connectivity index (χ2n) is 8.66. The fourth-order valence-corrected chi connectivity index (χ4v) is 4.64. The highest BCUT2D eigenvalue weighted by molar-refractivity contribution is 8.03. The maximum absolute atomic E-state index is 12.5. The first-order valence-corrected chi connectivity index (χ1v) is 13.2. The van der Waals surface area contributed by atoms with Crippen LogP contribution in [0, 0.1) is 17.1 Å². The van der Waals surface area contributed by atoms with Gasteiger partial charge in [-0.15, -0.1) is 0 Å². The minimum absolute atomic E-state index is 0.0461. The Morgan fingerprint density at radius 3 is 2.13 bits per heavy atom. The summed E-state index contributed by atoms with van der Waals surface area (Å²) in [4.78, 5) is 25.2. The Labute approximate surface area is 188 Å². The number of thioether (sulfide) groups is 1. The summed E-state index contributed by atoms with van der Waals surface area (Å²) in [5, 5.41) is 12.3. The van der Waals surface area contributed by atoms with E-state index in [9.17, 15) is 14.7 Å². The van der Waals surface area contributed by atoms with Gasteiger partial charge in [-0.25, -0.2) is 4.79 Å². The largest absolute Gasteiger partial charge is 0.480 e. The van der Waals surface area contributed by atoms with Crippen LogP contribution in [0.2, 0.25) is 0 Å². The van der Waals surface area contributed by atoms with Gasteiger partial charge in [0.1, 0.15) is 6.04 Å². The second-order valence-corrected chi connectivity index (χ2v) is 9.48. The molecular formula is C25H43NO3S. The monoisotopic (exact) mass is 437 g/mol. The molecule has 1 rings (SSSR count). The van der Waals surface area contributed by atoms with E-state index in [2.05, 4.69) is 18.1 Å². The summed E-state index contributed by atoms with van der Waals surface area (Å²) >= 11 is 1.49. The second kappa shape index (κ2) is 17.5. The summed E-state index contributed by atoms with van der Waals surface area (Å²) in [5.74, 6) is 2.72. The molecule has 1 heterocycles. The molecular weight excluding hydrogens is 394 g/mol. The van der Waals surface area contributed by atoms with Crippen LogP contribution in [0.5, 0.6) is 0 Å². The molecule has 0 aromatic carbocycles. The Bertz CT molecular complexity index is 540. The number of rotatable bonds is 16. The molecule has 0 aromatic heterocycles. The SMILES string of the molecule is CCCCCCCCCCCCCCC#CSC[C@@H](C)C(=O)N1CCC[C@H]1C(=O)O.